The Balaban J connectivity index is 2.62. The van der Waals surface area contributed by atoms with Crippen molar-refractivity contribution in [2.45, 2.75) is 32.2 Å². The molecule has 0 saturated carbocycles. The lowest BCUT2D eigenvalue weighted by Gasteiger charge is -2.13. The first-order valence-corrected chi connectivity index (χ1v) is 4.30. The highest BCUT2D eigenvalue weighted by Crippen LogP contribution is 2.16. The zero-order valence-electron chi connectivity index (χ0n) is 7.55. The maximum atomic E-state index is 10.5. The SMILES string of the molecule is CCCC(CC(=O)O)n1cnnc1. The molecule has 0 saturated heterocycles. The molecule has 1 unspecified atom stereocenters. The Hall–Kier alpha value is -1.39. The number of carboxylic acids is 1. The van der Waals surface area contributed by atoms with E-state index >= 15 is 0 Å². The van der Waals surface area contributed by atoms with Crippen molar-refractivity contribution in [1.29, 1.82) is 0 Å². The average molecular weight is 183 g/mol. The van der Waals surface area contributed by atoms with Crippen LogP contribution in [-0.2, 0) is 4.79 Å². The van der Waals surface area contributed by atoms with E-state index < -0.39 is 5.97 Å². The number of carboxylic acid groups (broad SMARTS) is 1. The Morgan fingerprint density at radius 3 is 2.62 bits per heavy atom. The highest BCUT2D eigenvalue weighted by atomic mass is 16.4. The predicted molar refractivity (Wildman–Crippen MR) is 46.2 cm³/mol. The van der Waals surface area contributed by atoms with Crippen molar-refractivity contribution in [2.75, 3.05) is 0 Å². The summed E-state index contributed by atoms with van der Waals surface area (Å²) < 4.78 is 1.75. The molecule has 0 fully saturated rings. The summed E-state index contributed by atoms with van der Waals surface area (Å²) >= 11 is 0. The van der Waals surface area contributed by atoms with E-state index in [1.54, 1.807) is 17.2 Å². The number of hydrogen-bond donors (Lipinski definition) is 1. The van der Waals surface area contributed by atoms with Gasteiger partial charge in [-0.2, -0.15) is 0 Å². The van der Waals surface area contributed by atoms with Gasteiger partial charge < -0.3 is 9.67 Å². The molecule has 1 aromatic rings. The summed E-state index contributed by atoms with van der Waals surface area (Å²) in [5, 5.41) is 16.0. The van der Waals surface area contributed by atoms with Crippen LogP contribution in [0.2, 0.25) is 0 Å². The maximum absolute atomic E-state index is 10.5. The topological polar surface area (TPSA) is 68.0 Å². The molecular formula is C8H13N3O2. The minimum absolute atomic E-state index is 0.0162. The Kier molecular flexibility index (Phi) is 3.42. The van der Waals surface area contributed by atoms with Gasteiger partial charge in [0.15, 0.2) is 0 Å². The van der Waals surface area contributed by atoms with Gasteiger partial charge in [0.05, 0.1) is 6.42 Å². The van der Waals surface area contributed by atoms with Crippen LogP contribution in [0.25, 0.3) is 0 Å². The average Bonchev–Trinajstić information content (AvgIpc) is 2.54. The Labute approximate surface area is 76.4 Å². The molecule has 5 nitrogen and oxygen atoms in total. The molecule has 0 amide bonds. The second-order valence-corrected chi connectivity index (χ2v) is 2.95. The van der Waals surface area contributed by atoms with Gasteiger partial charge in [0.25, 0.3) is 0 Å². The van der Waals surface area contributed by atoms with Crippen LogP contribution in [0.15, 0.2) is 12.7 Å². The second kappa shape index (κ2) is 4.59. The summed E-state index contributed by atoms with van der Waals surface area (Å²) in [5.74, 6) is -0.785. The Morgan fingerprint density at radius 1 is 1.54 bits per heavy atom. The Bertz CT molecular complexity index is 258. The summed E-state index contributed by atoms with van der Waals surface area (Å²) in [5.41, 5.74) is 0. The molecule has 0 aromatic carbocycles. The van der Waals surface area contributed by atoms with E-state index in [-0.39, 0.29) is 12.5 Å². The molecule has 1 rings (SSSR count). The molecular weight excluding hydrogens is 170 g/mol. The quantitative estimate of drug-likeness (QED) is 0.742. The largest absolute Gasteiger partial charge is 0.481 e. The van der Waals surface area contributed by atoms with Crippen LogP contribution in [0.3, 0.4) is 0 Å². The Morgan fingerprint density at radius 2 is 2.15 bits per heavy atom. The van der Waals surface area contributed by atoms with E-state index in [9.17, 15) is 4.79 Å². The fourth-order valence-corrected chi connectivity index (χ4v) is 1.29. The minimum Gasteiger partial charge on any atom is -0.481 e. The van der Waals surface area contributed by atoms with Gasteiger partial charge in [0, 0.05) is 6.04 Å². The summed E-state index contributed by atoms with van der Waals surface area (Å²) in [6, 6.07) is -0.0162. The molecule has 0 aliphatic rings. The van der Waals surface area contributed by atoms with Crippen LogP contribution >= 0.6 is 0 Å². The maximum Gasteiger partial charge on any atom is 0.305 e. The number of carbonyl (C=O) groups is 1. The molecule has 1 atom stereocenters. The van der Waals surface area contributed by atoms with Gasteiger partial charge in [-0.3, -0.25) is 4.79 Å². The zero-order chi connectivity index (χ0) is 9.68. The highest BCUT2D eigenvalue weighted by Gasteiger charge is 2.13. The first kappa shape index (κ1) is 9.70. The molecule has 1 aromatic heterocycles. The van der Waals surface area contributed by atoms with Crippen molar-refractivity contribution in [1.82, 2.24) is 14.8 Å². The standard InChI is InChI=1S/C8H13N3O2/c1-2-3-7(4-8(12)13)11-5-9-10-6-11/h5-7H,2-4H2,1H3,(H,12,13). The third-order valence-corrected chi connectivity index (χ3v) is 1.89. The van der Waals surface area contributed by atoms with Crippen LogP contribution in [0, 0.1) is 0 Å². The normalized spacial score (nSPS) is 12.7. The molecule has 0 aliphatic carbocycles. The van der Waals surface area contributed by atoms with Gasteiger partial charge in [-0.25, -0.2) is 0 Å². The van der Waals surface area contributed by atoms with Crippen LogP contribution in [-0.4, -0.2) is 25.8 Å². The van der Waals surface area contributed by atoms with Gasteiger partial charge in [-0.1, -0.05) is 13.3 Å². The zero-order valence-corrected chi connectivity index (χ0v) is 7.55. The van der Waals surface area contributed by atoms with Crippen LogP contribution < -0.4 is 0 Å². The second-order valence-electron chi connectivity index (χ2n) is 2.95. The fraction of sp³-hybridized carbons (Fsp3) is 0.625. The number of hydrogen-bond acceptors (Lipinski definition) is 3. The van der Waals surface area contributed by atoms with Crippen LogP contribution in [0.4, 0.5) is 0 Å². The minimum atomic E-state index is -0.785. The monoisotopic (exact) mass is 183 g/mol. The number of rotatable bonds is 5. The lowest BCUT2D eigenvalue weighted by atomic mass is 10.1. The molecule has 0 bridgehead atoms. The van der Waals surface area contributed by atoms with Gasteiger partial charge in [-0.05, 0) is 6.42 Å². The number of aliphatic carboxylic acids is 1. The summed E-state index contributed by atoms with van der Waals surface area (Å²) in [4.78, 5) is 10.5. The van der Waals surface area contributed by atoms with Crippen LogP contribution in [0.5, 0.6) is 0 Å². The fourth-order valence-electron chi connectivity index (χ4n) is 1.29. The molecule has 0 spiro atoms. The molecule has 1 heterocycles. The van der Waals surface area contributed by atoms with Gasteiger partial charge in [0.2, 0.25) is 0 Å². The lowest BCUT2D eigenvalue weighted by Crippen LogP contribution is -2.12. The van der Waals surface area contributed by atoms with Crippen molar-refractivity contribution in [2.24, 2.45) is 0 Å². The van der Waals surface area contributed by atoms with Crippen molar-refractivity contribution >= 4 is 5.97 Å². The van der Waals surface area contributed by atoms with E-state index in [1.807, 2.05) is 6.92 Å². The van der Waals surface area contributed by atoms with E-state index in [0.717, 1.165) is 12.8 Å². The van der Waals surface area contributed by atoms with Crippen molar-refractivity contribution < 1.29 is 9.90 Å². The molecule has 13 heavy (non-hydrogen) atoms. The van der Waals surface area contributed by atoms with Crippen molar-refractivity contribution in [3.63, 3.8) is 0 Å². The summed E-state index contributed by atoms with van der Waals surface area (Å²) in [6.45, 7) is 2.03. The molecule has 0 radical (unpaired) electrons. The molecule has 5 heteroatoms. The smallest absolute Gasteiger partial charge is 0.305 e. The van der Waals surface area contributed by atoms with Gasteiger partial charge in [0.1, 0.15) is 12.7 Å². The molecule has 1 N–H and O–H groups in total. The lowest BCUT2D eigenvalue weighted by molar-refractivity contribution is -0.137. The first-order valence-electron chi connectivity index (χ1n) is 4.30. The summed E-state index contributed by atoms with van der Waals surface area (Å²) in [6.07, 6.45) is 5.04. The van der Waals surface area contributed by atoms with Gasteiger partial charge in [-0.15, -0.1) is 10.2 Å². The van der Waals surface area contributed by atoms with E-state index in [4.69, 9.17) is 5.11 Å². The van der Waals surface area contributed by atoms with Crippen LogP contribution in [0.1, 0.15) is 32.2 Å². The molecule has 72 valence electrons. The van der Waals surface area contributed by atoms with E-state index in [0.29, 0.717) is 0 Å². The summed E-state index contributed by atoms with van der Waals surface area (Å²) in [7, 11) is 0. The third kappa shape index (κ3) is 2.85. The van der Waals surface area contributed by atoms with Crippen molar-refractivity contribution in [3.05, 3.63) is 12.7 Å². The van der Waals surface area contributed by atoms with Crippen molar-refractivity contribution in [3.8, 4) is 0 Å². The third-order valence-electron chi connectivity index (χ3n) is 1.89. The van der Waals surface area contributed by atoms with E-state index in [1.165, 1.54) is 0 Å². The highest BCUT2D eigenvalue weighted by molar-refractivity contribution is 5.67. The number of nitrogens with zero attached hydrogens (tertiary/aromatic N) is 3. The van der Waals surface area contributed by atoms with E-state index in [2.05, 4.69) is 10.2 Å². The molecule has 0 aliphatic heterocycles. The van der Waals surface area contributed by atoms with Gasteiger partial charge >= 0.3 is 5.97 Å². The first-order chi connectivity index (χ1) is 6.24. The predicted octanol–water partition coefficient (Wildman–Crippen LogP) is 1.09. The number of aromatic nitrogens is 3.